The number of hydrogen-bond donors (Lipinski definition) is 1. The minimum Gasteiger partial charge on any atom is -0.405 e. The van der Waals surface area contributed by atoms with Gasteiger partial charge in [0, 0.05) is 24.6 Å². The lowest BCUT2D eigenvalue weighted by Gasteiger charge is -2.64. The van der Waals surface area contributed by atoms with Crippen molar-refractivity contribution in [3.63, 3.8) is 0 Å². The monoisotopic (exact) mass is 517 g/mol. The van der Waals surface area contributed by atoms with E-state index in [0.717, 1.165) is 18.4 Å². The summed E-state index contributed by atoms with van der Waals surface area (Å²) in [5.41, 5.74) is 1.13. The summed E-state index contributed by atoms with van der Waals surface area (Å²) in [4.78, 5) is 34.9. The van der Waals surface area contributed by atoms with Crippen LogP contribution in [0.5, 0.6) is 0 Å². The molecule has 0 spiro atoms. The lowest BCUT2D eigenvalue weighted by Crippen LogP contribution is -2.65. The average Bonchev–Trinajstić information content (AvgIpc) is 3.26. The average molecular weight is 517 g/mol. The van der Waals surface area contributed by atoms with Crippen LogP contribution in [0.1, 0.15) is 76.4 Å². The summed E-state index contributed by atoms with van der Waals surface area (Å²) < 4.78 is 13.4. The van der Waals surface area contributed by atoms with Crippen LogP contribution < -0.4 is 5.32 Å². The van der Waals surface area contributed by atoms with Gasteiger partial charge in [-0.25, -0.2) is 4.98 Å². The fourth-order valence-corrected chi connectivity index (χ4v) is 7.14. The maximum Gasteiger partial charge on any atom is 0.461 e. The molecule has 1 amide bonds. The Kier molecular flexibility index (Phi) is 7.49. The third kappa shape index (κ3) is 5.17. The minimum absolute atomic E-state index is 0.0198. The molecule has 4 fully saturated rings. The first-order valence-electron chi connectivity index (χ1n) is 14.0. The van der Waals surface area contributed by atoms with Gasteiger partial charge in [-0.05, 0) is 61.3 Å². The summed E-state index contributed by atoms with van der Waals surface area (Å²) in [7, 11) is -0.417. The van der Waals surface area contributed by atoms with E-state index in [-0.39, 0.29) is 40.8 Å². The van der Waals surface area contributed by atoms with Gasteiger partial charge in [0.15, 0.2) is 5.78 Å². The predicted molar refractivity (Wildman–Crippen MR) is 146 cm³/mol. The highest BCUT2D eigenvalue weighted by Gasteiger charge is 2.68. The van der Waals surface area contributed by atoms with E-state index in [0.29, 0.717) is 24.2 Å². The van der Waals surface area contributed by atoms with Gasteiger partial charge in [-0.15, -0.1) is 0 Å². The van der Waals surface area contributed by atoms with Gasteiger partial charge in [-0.2, -0.15) is 0 Å². The van der Waals surface area contributed by atoms with E-state index < -0.39 is 19.1 Å². The first-order chi connectivity index (χ1) is 18.1. The van der Waals surface area contributed by atoms with Crippen LogP contribution in [0.2, 0.25) is 5.82 Å². The fraction of sp³-hybridized carbons (Fsp3) is 0.600. The van der Waals surface area contributed by atoms with Gasteiger partial charge in [0.1, 0.15) is 5.69 Å². The van der Waals surface area contributed by atoms with Gasteiger partial charge in [0.25, 0.3) is 5.91 Å². The summed E-state index contributed by atoms with van der Waals surface area (Å²) in [5, 5.41) is 2.94. The molecule has 2 bridgehead atoms. The Labute approximate surface area is 226 Å². The highest BCUT2D eigenvalue weighted by molar-refractivity contribution is 6.47. The van der Waals surface area contributed by atoms with E-state index in [2.05, 4.69) is 49.9 Å². The second kappa shape index (κ2) is 10.5. The predicted octanol–water partition coefficient (Wildman–Crippen LogP) is 4.92. The summed E-state index contributed by atoms with van der Waals surface area (Å²) in [6.07, 6.45) is 8.19. The van der Waals surface area contributed by atoms with Gasteiger partial charge in [0.05, 0.1) is 23.9 Å². The molecule has 6 atom stereocenters. The van der Waals surface area contributed by atoms with Crippen LogP contribution in [0.4, 0.5) is 0 Å². The van der Waals surface area contributed by atoms with E-state index in [4.69, 9.17) is 9.31 Å². The van der Waals surface area contributed by atoms with Crippen molar-refractivity contribution in [3.05, 3.63) is 60.2 Å². The second-order valence-electron chi connectivity index (χ2n) is 12.7. The van der Waals surface area contributed by atoms with Gasteiger partial charge < -0.3 is 14.6 Å². The molecule has 202 valence electrons. The smallest absolute Gasteiger partial charge is 0.405 e. The number of Topliss-reactive ketones (excluding diaryl/α,β-unsaturated/α-hetero) is 1. The highest BCUT2D eigenvalue weighted by Crippen LogP contribution is 2.66. The molecule has 2 heterocycles. The molecule has 8 heteroatoms. The Morgan fingerprint density at radius 3 is 2.55 bits per heavy atom. The van der Waals surface area contributed by atoms with Crippen molar-refractivity contribution >= 4 is 18.8 Å². The number of aromatic nitrogens is 2. The number of hydrogen-bond acceptors (Lipinski definition) is 6. The molecule has 4 aliphatic rings. The number of benzene rings is 1. The van der Waals surface area contributed by atoms with Crippen molar-refractivity contribution < 1.29 is 18.9 Å². The first kappa shape index (κ1) is 27.0. The summed E-state index contributed by atoms with van der Waals surface area (Å²) in [5.74, 6) is 1.01. The van der Waals surface area contributed by atoms with Gasteiger partial charge in [-0.1, -0.05) is 58.0 Å². The van der Waals surface area contributed by atoms with Crippen LogP contribution in [0, 0.1) is 23.2 Å². The quantitative estimate of drug-likeness (QED) is 0.450. The summed E-state index contributed by atoms with van der Waals surface area (Å²) in [6, 6.07) is 9.09. The Hall–Kier alpha value is -2.58. The van der Waals surface area contributed by atoms with E-state index in [1.807, 2.05) is 30.3 Å². The molecule has 3 saturated carbocycles. The van der Waals surface area contributed by atoms with Crippen molar-refractivity contribution in [2.24, 2.45) is 23.2 Å². The minimum atomic E-state index is -0.687. The van der Waals surface area contributed by atoms with Crippen molar-refractivity contribution in [2.75, 3.05) is 0 Å². The Balaban J connectivity index is 1.34. The number of nitrogens with zero attached hydrogens (tertiary/aromatic N) is 2. The molecule has 1 aromatic heterocycles. The molecule has 3 aliphatic carbocycles. The van der Waals surface area contributed by atoms with Crippen LogP contribution in [0.15, 0.2) is 48.9 Å². The number of amides is 1. The third-order valence-corrected chi connectivity index (χ3v) is 9.36. The standard InChI is InChI=1S/C30H40BN3O4/c1-19(2)13-22(31-37-27-16-21-15-26(29(21,3)4)30(27,5)38-31)17-25(35)23(14-20-9-7-6-8-10-20)34-28(36)24-18-32-11-12-33-24/h6-12,18-19,21-23,26-27H,13-17H2,1-5H3,(H,34,36)/t21-,22?,23-,26-,27+,30-/m0/s1. The molecule has 1 aromatic carbocycles. The van der Waals surface area contributed by atoms with Crippen molar-refractivity contribution in [1.29, 1.82) is 0 Å². The van der Waals surface area contributed by atoms with Crippen LogP contribution in [0.25, 0.3) is 0 Å². The van der Waals surface area contributed by atoms with Crippen molar-refractivity contribution in [2.45, 2.75) is 90.3 Å². The van der Waals surface area contributed by atoms with Crippen LogP contribution in [0.3, 0.4) is 0 Å². The van der Waals surface area contributed by atoms with E-state index in [9.17, 15) is 9.59 Å². The lowest BCUT2D eigenvalue weighted by molar-refractivity contribution is -0.199. The molecule has 1 unspecified atom stereocenters. The van der Waals surface area contributed by atoms with Crippen LogP contribution in [-0.2, 0) is 20.5 Å². The molecule has 1 saturated heterocycles. The molecular formula is C30H40BN3O4. The Bertz CT molecular complexity index is 1140. The summed E-state index contributed by atoms with van der Waals surface area (Å²) in [6.45, 7) is 11.3. The molecule has 1 N–H and O–H groups in total. The maximum absolute atomic E-state index is 13.9. The molecule has 2 aromatic rings. The zero-order valence-electron chi connectivity index (χ0n) is 23.2. The molecule has 38 heavy (non-hydrogen) atoms. The largest absolute Gasteiger partial charge is 0.461 e. The van der Waals surface area contributed by atoms with E-state index in [1.165, 1.54) is 25.0 Å². The van der Waals surface area contributed by atoms with Gasteiger partial charge >= 0.3 is 7.12 Å². The Morgan fingerprint density at radius 2 is 1.89 bits per heavy atom. The zero-order valence-corrected chi connectivity index (χ0v) is 23.2. The van der Waals surface area contributed by atoms with Crippen molar-refractivity contribution in [3.8, 4) is 0 Å². The number of nitrogens with one attached hydrogen (secondary N) is 1. The third-order valence-electron chi connectivity index (χ3n) is 9.36. The number of rotatable bonds is 10. The lowest BCUT2D eigenvalue weighted by atomic mass is 9.43. The second-order valence-corrected chi connectivity index (χ2v) is 12.7. The van der Waals surface area contributed by atoms with Crippen molar-refractivity contribution in [1.82, 2.24) is 15.3 Å². The molecule has 6 rings (SSSR count). The fourth-order valence-electron chi connectivity index (χ4n) is 7.14. The zero-order chi connectivity index (χ0) is 27.1. The maximum atomic E-state index is 13.9. The SMILES string of the molecule is CC(C)CC(CC(=O)[C@H](Cc1ccccc1)NC(=O)c1cnccn1)B1O[C@@H]2C[C@@H]3C[C@@H](C3(C)C)[C@]2(C)O1. The number of carbonyl (C=O) groups excluding carboxylic acids is 2. The van der Waals surface area contributed by atoms with Crippen LogP contribution >= 0.6 is 0 Å². The van der Waals surface area contributed by atoms with Gasteiger partial charge in [0.2, 0.25) is 0 Å². The topological polar surface area (TPSA) is 90.4 Å². The summed E-state index contributed by atoms with van der Waals surface area (Å²) >= 11 is 0. The molecule has 0 radical (unpaired) electrons. The molecule has 1 aliphatic heterocycles. The number of carbonyl (C=O) groups is 2. The Morgan fingerprint density at radius 1 is 1.13 bits per heavy atom. The first-order valence-corrected chi connectivity index (χ1v) is 14.0. The number of ketones is 1. The van der Waals surface area contributed by atoms with Crippen LogP contribution in [-0.4, -0.2) is 46.5 Å². The molecule has 7 nitrogen and oxygen atoms in total. The normalized spacial score (nSPS) is 28.8. The van der Waals surface area contributed by atoms with E-state index >= 15 is 0 Å². The van der Waals surface area contributed by atoms with E-state index in [1.54, 1.807) is 0 Å². The highest BCUT2D eigenvalue weighted by atomic mass is 16.7. The van der Waals surface area contributed by atoms with Gasteiger partial charge in [-0.3, -0.25) is 14.6 Å². The molecular weight excluding hydrogens is 477 g/mol.